The topological polar surface area (TPSA) is 330 Å². The van der Waals surface area contributed by atoms with Gasteiger partial charge in [-0.05, 0) is 36.8 Å². The molecule has 25 nitrogen and oxygen atoms in total. The third-order valence-electron chi connectivity index (χ3n) is 13.8. The van der Waals surface area contributed by atoms with Crippen molar-refractivity contribution >= 4 is 64.8 Å². The number of ether oxygens (including phenoxy) is 1. The smallest absolute Gasteiger partial charge is 0.326 e. The van der Waals surface area contributed by atoms with E-state index in [1.54, 1.807) is 32.7 Å². The molecule has 8 N–H and O–H groups in total. The number of carboxylic acid groups (broad SMARTS) is 3. The van der Waals surface area contributed by atoms with E-state index >= 15 is 0 Å². The van der Waals surface area contributed by atoms with Crippen LogP contribution >= 0.6 is 0 Å². The summed E-state index contributed by atoms with van der Waals surface area (Å²) in [5.74, 6) is -8.27. The zero-order valence-electron chi connectivity index (χ0n) is 40.1. The molecule has 1 aromatic rings. The van der Waals surface area contributed by atoms with Crippen molar-refractivity contribution in [3.63, 3.8) is 0 Å². The highest BCUT2D eigenvalue weighted by Crippen LogP contribution is 2.35. The van der Waals surface area contributed by atoms with Crippen LogP contribution in [0.15, 0.2) is 18.3 Å². The fourth-order valence-corrected chi connectivity index (χ4v) is 9.49. The second-order valence-electron chi connectivity index (χ2n) is 18.9. The first kappa shape index (κ1) is 54.1. The second-order valence-corrected chi connectivity index (χ2v) is 18.9. The number of rotatable bonds is 20. The Hall–Kier alpha value is -6.28. The number of aromatic nitrogens is 1. The Balaban J connectivity index is 0.966. The SMILES string of the molecule is CCC(C)C(NC(=O)CCC(NC(=O)CN1CCN(C(=O)CN2CCN(CC(=O)O)CCN(CC(=O)O)CC2)CC1)C(=O)O)C(=O)N[C@H]1CCn2ccc3c2C(=C[C@@H](C(=O)NC2CC(=O)OC2O)C3)C1=O. The largest absolute Gasteiger partial charge is 0.480 e. The minimum atomic E-state index is -1.49. The monoisotopic (exact) mass is 998 g/mol. The number of carbonyl (C=O) groups is 10. The average molecular weight is 999 g/mol. The maximum absolute atomic E-state index is 14.1. The number of carboxylic acids is 3. The van der Waals surface area contributed by atoms with Gasteiger partial charge in [-0.25, -0.2) is 4.79 Å². The van der Waals surface area contributed by atoms with E-state index in [4.69, 9.17) is 4.74 Å². The summed E-state index contributed by atoms with van der Waals surface area (Å²) in [6, 6.07) is -2.69. The van der Waals surface area contributed by atoms with Gasteiger partial charge in [0.15, 0.2) is 5.78 Å². The Labute approximate surface area is 409 Å². The molecule has 6 rings (SSSR count). The number of aliphatic hydroxyl groups is 1. The summed E-state index contributed by atoms with van der Waals surface area (Å²) in [6.45, 7) is 6.91. The quantitative estimate of drug-likeness (QED) is 0.0585. The predicted molar refractivity (Wildman–Crippen MR) is 248 cm³/mol. The molecule has 0 aromatic carbocycles. The Morgan fingerprint density at radius 2 is 1.34 bits per heavy atom. The second kappa shape index (κ2) is 24.7. The van der Waals surface area contributed by atoms with Gasteiger partial charge in [-0.2, -0.15) is 0 Å². The number of aliphatic hydroxyl groups excluding tert-OH is 1. The van der Waals surface area contributed by atoms with Crippen molar-refractivity contribution in [1.82, 2.24) is 50.3 Å². The van der Waals surface area contributed by atoms with Crippen LogP contribution in [0.2, 0.25) is 0 Å². The van der Waals surface area contributed by atoms with E-state index in [2.05, 4.69) is 21.3 Å². The number of aryl methyl sites for hydroxylation is 1. The highest BCUT2D eigenvalue weighted by molar-refractivity contribution is 6.24. The summed E-state index contributed by atoms with van der Waals surface area (Å²) in [4.78, 5) is 137. The van der Waals surface area contributed by atoms with Crippen molar-refractivity contribution < 1.29 is 73.1 Å². The Morgan fingerprint density at radius 1 is 0.746 bits per heavy atom. The van der Waals surface area contributed by atoms with Crippen LogP contribution in [0, 0.1) is 11.8 Å². The molecule has 1 aromatic heterocycles. The fourth-order valence-electron chi connectivity index (χ4n) is 9.49. The number of esters is 1. The Morgan fingerprint density at radius 3 is 1.90 bits per heavy atom. The van der Waals surface area contributed by atoms with Crippen LogP contribution in [0.4, 0.5) is 0 Å². The minimum Gasteiger partial charge on any atom is -0.480 e. The molecule has 0 radical (unpaired) electrons. The molecule has 5 heterocycles. The number of nitrogens with zero attached hydrogens (tertiary/aromatic N) is 6. The van der Waals surface area contributed by atoms with E-state index in [9.17, 15) is 68.4 Å². The third-order valence-corrected chi connectivity index (χ3v) is 13.8. The van der Waals surface area contributed by atoms with Gasteiger partial charge in [0.1, 0.15) is 18.1 Å². The molecule has 4 aliphatic heterocycles. The highest BCUT2D eigenvalue weighted by Gasteiger charge is 2.40. The summed E-state index contributed by atoms with van der Waals surface area (Å²) >= 11 is 0. The van der Waals surface area contributed by atoms with Gasteiger partial charge >= 0.3 is 23.9 Å². The molecule has 3 fully saturated rings. The normalized spacial score (nSPS) is 23.8. The van der Waals surface area contributed by atoms with Crippen LogP contribution in [-0.4, -0.2) is 231 Å². The molecule has 0 saturated carbocycles. The van der Waals surface area contributed by atoms with Crippen LogP contribution in [0.25, 0.3) is 5.57 Å². The van der Waals surface area contributed by atoms with Crippen molar-refractivity contribution in [2.75, 3.05) is 91.6 Å². The number of nitrogens with one attached hydrogen (secondary N) is 4. The van der Waals surface area contributed by atoms with Gasteiger partial charge in [0.05, 0.1) is 50.3 Å². The zero-order chi connectivity index (χ0) is 51.5. The molecule has 5 amide bonds. The summed E-state index contributed by atoms with van der Waals surface area (Å²) < 4.78 is 6.61. The molecular formula is C46H66N10O15. The predicted octanol–water partition coefficient (Wildman–Crippen LogP) is -3.64. The van der Waals surface area contributed by atoms with E-state index in [-0.39, 0.29) is 69.8 Å². The van der Waals surface area contributed by atoms with Crippen LogP contribution in [-0.2, 0) is 65.6 Å². The summed E-state index contributed by atoms with van der Waals surface area (Å²) in [5.41, 5.74) is 1.61. The summed E-state index contributed by atoms with van der Waals surface area (Å²) in [7, 11) is 0. The number of carbonyl (C=O) groups excluding carboxylic acids is 7. The maximum Gasteiger partial charge on any atom is 0.326 e. The molecule has 0 bridgehead atoms. The first-order chi connectivity index (χ1) is 33.8. The molecule has 390 valence electrons. The van der Waals surface area contributed by atoms with Crippen LogP contribution in [0.5, 0.6) is 0 Å². The molecule has 1 aliphatic carbocycles. The average Bonchev–Trinajstić information content (AvgIpc) is 3.87. The zero-order valence-corrected chi connectivity index (χ0v) is 40.1. The standard InChI is InChI=1S/C46H66N10O15/c1-3-27(2)40(44(67)48-31-7-9-56-8-6-28-20-29(21-30(41(28)56)42(31)65)43(66)49-33-22-39(64)71-46(33)70)50-34(57)5-4-32(45(68)69)47-35(58)23-51-16-18-55(19-17-51)36(59)24-52-10-12-53(25-37(60)61)14-15-54(13-11-52)26-38(62)63/h6,8,21,27,29,31-33,40,46,70H,3-5,7,9-20,22-26H2,1-2H3,(H,47,58)(H,48,67)(H,49,66)(H,50,57)(H,60,61)(H,62,63)(H,68,69)/t27?,29-,31-,32?,33?,40?,46?/m0/s1. The summed E-state index contributed by atoms with van der Waals surface area (Å²) in [5, 5.41) is 49.3. The van der Waals surface area contributed by atoms with Gasteiger partial charge in [0, 0.05) is 90.2 Å². The van der Waals surface area contributed by atoms with E-state index in [1.807, 2.05) is 22.5 Å². The Kier molecular flexibility index (Phi) is 18.8. The van der Waals surface area contributed by atoms with E-state index < -0.39 is 95.6 Å². The van der Waals surface area contributed by atoms with E-state index in [0.29, 0.717) is 84.1 Å². The maximum atomic E-state index is 14.1. The molecule has 5 aliphatic rings. The van der Waals surface area contributed by atoms with Gasteiger partial charge < -0.3 is 55.9 Å². The van der Waals surface area contributed by atoms with Crippen LogP contribution in [0.3, 0.4) is 0 Å². The van der Waals surface area contributed by atoms with Crippen molar-refractivity contribution in [1.29, 1.82) is 0 Å². The number of cyclic esters (lactones) is 1. The fraction of sp³-hybridized carbons (Fsp3) is 0.652. The van der Waals surface area contributed by atoms with Gasteiger partial charge in [-0.1, -0.05) is 26.3 Å². The molecule has 7 atom stereocenters. The number of piperazine rings is 1. The first-order valence-corrected chi connectivity index (χ1v) is 24.1. The lowest BCUT2D eigenvalue weighted by molar-refractivity contribution is -0.155. The number of amides is 5. The number of Topliss-reactive ketones (excluding diaryl/α,β-unsaturated/α-hetero) is 1. The van der Waals surface area contributed by atoms with Crippen LogP contribution in [0.1, 0.15) is 57.2 Å². The van der Waals surface area contributed by atoms with Crippen molar-refractivity contribution in [2.45, 2.75) is 89.4 Å². The molecule has 3 saturated heterocycles. The molecule has 25 heteroatoms. The molecule has 71 heavy (non-hydrogen) atoms. The minimum absolute atomic E-state index is 0.0363. The number of hydrogen-bond donors (Lipinski definition) is 8. The van der Waals surface area contributed by atoms with Gasteiger partial charge in [-0.15, -0.1) is 0 Å². The molecule has 0 spiro atoms. The van der Waals surface area contributed by atoms with E-state index in [1.165, 1.54) is 6.08 Å². The van der Waals surface area contributed by atoms with Crippen LogP contribution < -0.4 is 21.3 Å². The Bertz CT molecular complexity index is 2200. The van der Waals surface area contributed by atoms with E-state index in [0.717, 1.165) is 5.56 Å². The molecular weight excluding hydrogens is 933 g/mol. The van der Waals surface area contributed by atoms with Crippen molar-refractivity contribution in [3.8, 4) is 0 Å². The summed E-state index contributed by atoms with van der Waals surface area (Å²) in [6.07, 6.45) is 1.91. The van der Waals surface area contributed by atoms with Crippen molar-refractivity contribution in [3.05, 3.63) is 29.6 Å². The van der Waals surface area contributed by atoms with Gasteiger partial charge in [0.25, 0.3) is 0 Å². The highest BCUT2D eigenvalue weighted by atomic mass is 16.6. The van der Waals surface area contributed by atoms with Gasteiger partial charge in [0.2, 0.25) is 35.8 Å². The lowest BCUT2D eigenvalue weighted by Gasteiger charge is -2.35. The third kappa shape index (κ3) is 14.9. The van der Waals surface area contributed by atoms with Crippen molar-refractivity contribution in [2.24, 2.45) is 11.8 Å². The first-order valence-electron chi connectivity index (χ1n) is 24.1. The number of hydrogen-bond acceptors (Lipinski definition) is 16. The number of ketones is 1. The number of aliphatic carboxylic acids is 3. The lowest BCUT2D eigenvalue weighted by Crippen LogP contribution is -2.55. The molecule has 5 unspecified atom stereocenters. The lowest BCUT2D eigenvalue weighted by atomic mass is 9.85. The van der Waals surface area contributed by atoms with Gasteiger partial charge in [-0.3, -0.25) is 62.8 Å².